The van der Waals surface area contributed by atoms with Gasteiger partial charge < -0.3 is 0 Å². The molecule has 0 amide bonds. The van der Waals surface area contributed by atoms with Gasteiger partial charge in [0.05, 0.1) is 0 Å². The summed E-state index contributed by atoms with van der Waals surface area (Å²) in [6.07, 6.45) is -1.59. The first-order valence-electron chi connectivity index (χ1n) is 14.6. The quantitative estimate of drug-likeness (QED) is 0.0778. The van der Waals surface area contributed by atoms with Crippen LogP contribution in [0, 0.1) is 0 Å². The summed E-state index contributed by atoms with van der Waals surface area (Å²) in [5.74, 6) is -9.74. The van der Waals surface area contributed by atoms with Crippen LogP contribution in [0.1, 0.15) is 142 Å². The first kappa shape index (κ1) is 38.6. The average Bonchev–Trinajstić information content (AvgIpc) is 2.82. The Morgan fingerprint density at radius 3 is 0.974 bits per heavy atom. The lowest BCUT2D eigenvalue weighted by molar-refractivity contribution is -0.284. The second kappa shape index (κ2) is 19.7. The number of rotatable bonds is 24. The topological polar surface area (TPSA) is 0 Å². The smallest absolute Gasteiger partial charge is 0.196 e. The molecular weight excluding hydrogens is 558 g/mol. The molecule has 0 heterocycles. The van der Waals surface area contributed by atoms with E-state index >= 15 is 0 Å². The molecule has 0 fully saturated rings. The summed E-state index contributed by atoms with van der Waals surface area (Å²) in [6.45, 7) is 4.15. The molecule has 0 aromatic rings. The highest BCUT2D eigenvalue weighted by Crippen LogP contribution is 2.44. The highest BCUT2D eigenvalue weighted by atomic mass is 32.2. The molecule has 0 nitrogen and oxygen atoms in total. The fraction of sp³-hybridized carbons (Fsp3) is 1.00. The van der Waals surface area contributed by atoms with E-state index in [-0.39, 0.29) is 0 Å². The van der Waals surface area contributed by atoms with E-state index in [1.807, 2.05) is 0 Å². The summed E-state index contributed by atoms with van der Waals surface area (Å²) >= 11 is 1.03. The van der Waals surface area contributed by atoms with Crippen LogP contribution in [0.2, 0.25) is 0 Å². The van der Waals surface area contributed by atoms with Crippen LogP contribution >= 0.6 is 11.8 Å². The van der Waals surface area contributed by atoms with Crippen molar-refractivity contribution >= 4 is 11.8 Å². The normalized spacial score (nSPS) is 15.1. The minimum absolute atomic E-state index is 0.329. The first-order valence-corrected chi connectivity index (χ1v) is 15.6. The number of alkyl halides is 10. The lowest BCUT2D eigenvalue weighted by atomic mass is 10.0. The van der Waals surface area contributed by atoms with Crippen LogP contribution < -0.4 is 0 Å². The van der Waals surface area contributed by atoms with Gasteiger partial charge >= 0.3 is 24.2 Å². The van der Waals surface area contributed by atoms with E-state index < -0.39 is 60.4 Å². The van der Waals surface area contributed by atoms with Crippen LogP contribution in [0.3, 0.4) is 0 Å². The molecule has 0 aliphatic rings. The molecule has 11 heteroatoms. The molecule has 0 N–H and O–H groups in total. The molecule has 0 aromatic carbocycles. The fourth-order valence-corrected chi connectivity index (χ4v) is 6.12. The summed E-state index contributed by atoms with van der Waals surface area (Å²) in [5, 5.41) is -1.33. The third-order valence-electron chi connectivity index (χ3n) is 7.03. The summed E-state index contributed by atoms with van der Waals surface area (Å²) in [4.78, 5) is 0. The van der Waals surface area contributed by atoms with Crippen LogP contribution in [0.4, 0.5) is 43.9 Å². The van der Waals surface area contributed by atoms with E-state index in [1.165, 1.54) is 0 Å². The molecule has 236 valence electrons. The van der Waals surface area contributed by atoms with Gasteiger partial charge in [0.1, 0.15) is 0 Å². The van der Waals surface area contributed by atoms with E-state index in [4.69, 9.17) is 0 Å². The van der Waals surface area contributed by atoms with Gasteiger partial charge in [-0.2, -0.15) is 55.7 Å². The highest BCUT2D eigenvalue weighted by molar-refractivity contribution is 8.00. The van der Waals surface area contributed by atoms with Crippen LogP contribution in [0.15, 0.2) is 0 Å². The van der Waals surface area contributed by atoms with Crippen LogP contribution in [0.5, 0.6) is 0 Å². The van der Waals surface area contributed by atoms with Crippen molar-refractivity contribution in [2.75, 3.05) is 0 Å². The van der Waals surface area contributed by atoms with E-state index in [1.54, 1.807) is 0 Å². The predicted octanol–water partition coefficient (Wildman–Crippen LogP) is 12.7. The Balaban J connectivity index is 5.27. The van der Waals surface area contributed by atoms with Crippen molar-refractivity contribution in [1.82, 2.24) is 0 Å². The minimum atomic E-state index is -5.69. The van der Waals surface area contributed by atoms with Gasteiger partial charge in [-0.05, 0) is 25.7 Å². The Morgan fingerprint density at radius 2 is 0.692 bits per heavy atom. The number of hydrogen-bond acceptors (Lipinski definition) is 1. The lowest BCUT2D eigenvalue weighted by Crippen LogP contribution is -2.37. The SMILES string of the molecule is CCCCCCCCCC(CCC(F)(F)C(F)(F)F)SC(CCCCCCCCC)CCC(F)(F)C(F)(F)F. The van der Waals surface area contributed by atoms with Crippen LogP contribution in [0.25, 0.3) is 0 Å². The zero-order valence-electron chi connectivity index (χ0n) is 23.5. The molecule has 2 unspecified atom stereocenters. The van der Waals surface area contributed by atoms with Crippen molar-refractivity contribution < 1.29 is 43.9 Å². The van der Waals surface area contributed by atoms with Crippen molar-refractivity contribution in [3.63, 3.8) is 0 Å². The number of unbranched alkanes of at least 4 members (excludes halogenated alkanes) is 12. The Morgan fingerprint density at radius 1 is 0.410 bits per heavy atom. The summed E-state index contributed by atoms with van der Waals surface area (Å²) in [5.41, 5.74) is 0. The molecule has 0 spiro atoms. The number of halogens is 10. The van der Waals surface area contributed by atoms with E-state index in [2.05, 4.69) is 13.8 Å². The Kier molecular flexibility index (Phi) is 19.5. The molecule has 0 aliphatic carbocycles. The van der Waals surface area contributed by atoms with Crippen molar-refractivity contribution in [3.05, 3.63) is 0 Å². The van der Waals surface area contributed by atoms with Crippen LogP contribution in [-0.4, -0.2) is 34.7 Å². The molecule has 0 saturated heterocycles. The van der Waals surface area contributed by atoms with Gasteiger partial charge in [0.25, 0.3) is 0 Å². The highest BCUT2D eigenvalue weighted by Gasteiger charge is 2.57. The second-order valence-corrected chi connectivity index (χ2v) is 12.3. The van der Waals surface area contributed by atoms with Crippen LogP contribution in [-0.2, 0) is 0 Å². The summed E-state index contributed by atoms with van der Waals surface area (Å²) in [6, 6.07) is 0. The van der Waals surface area contributed by atoms with Crippen molar-refractivity contribution in [1.29, 1.82) is 0 Å². The summed E-state index contributed by atoms with van der Waals surface area (Å²) in [7, 11) is 0. The molecule has 0 rings (SSSR count). The Hall–Kier alpha value is -0.350. The molecule has 2 atom stereocenters. The maximum atomic E-state index is 13.6. The van der Waals surface area contributed by atoms with Crippen molar-refractivity contribution in [2.45, 2.75) is 177 Å². The van der Waals surface area contributed by atoms with Gasteiger partial charge in [0, 0.05) is 23.3 Å². The van der Waals surface area contributed by atoms with Gasteiger partial charge in [-0.1, -0.05) is 104 Å². The maximum Gasteiger partial charge on any atom is 0.453 e. The van der Waals surface area contributed by atoms with Gasteiger partial charge in [-0.15, -0.1) is 0 Å². The molecule has 0 bridgehead atoms. The fourth-order valence-electron chi connectivity index (χ4n) is 4.46. The van der Waals surface area contributed by atoms with Gasteiger partial charge in [0.15, 0.2) is 0 Å². The average molecular weight is 607 g/mol. The van der Waals surface area contributed by atoms with Gasteiger partial charge in [-0.25, -0.2) is 0 Å². The van der Waals surface area contributed by atoms with Gasteiger partial charge in [-0.3, -0.25) is 0 Å². The molecule has 39 heavy (non-hydrogen) atoms. The molecule has 0 radical (unpaired) electrons. The number of thioether (sulfide) groups is 1. The molecule has 0 aliphatic heterocycles. The zero-order valence-corrected chi connectivity index (χ0v) is 24.3. The van der Waals surface area contributed by atoms with Crippen molar-refractivity contribution in [3.8, 4) is 0 Å². The summed E-state index contributed by atoms with van der Waals surface area (Å²) < 4.78 is 131. The van der Waals surface area contributed by atoms with Crippen molar-refractivity contribution in [2.24, 2.45) is 0 Å². The monoisotopic (exact) mass is 606 g/mol. The Bertz CT molecular complexity index is 540. The molecule has 0 aromatic heterocycles. The predicted molar refractivity (Wildman–Crippen MR) is 141 cm³/mol. The first-order chi connectivity index (χ1) is 18.1. The van der Waals surface area contributed by atoms with Gasteiger partial charge in [0.2, 0.25) is 0 Å². The third-order valence-corrected chi connectivity index (χ3v) is 8.75. The van der Waals surface area contributed by atoms with E-state index in [0.29, 0.717) is 25.7 Å². The largest absolute Gasteiger partial charge is 0.453 e. The second-order valence-electron chi connectivity index (χ2n) is 10.7. The Labute approximate surface area is 232 Å². The number of hydrogen-bond donors (Lipinski definition) is 0. The van der Waals surface area contributed by atoms with E-state index in [0.717, 1.165) is 88.8 Å². The third kappa shape index (κ3) is 17.9. The standard InChI is InChI=1S/C28H48F10S/c1-3-5-7-9-11-13-15-17-23(19-21-25(29,30)27(33,34)35)39-24(18-16-14-12-10-8-6-4-2)20-22-26(31,32)28(36,37)38/h23-24H,3-22H2,1-2H3. The lowest BCUT2D eigenvalue weighted by Gasteiger charge is -2.28. The minimum Gasteiger partial charge on any atom is -0.196 e. The maximum absolute atomic E-state index is 13.6. The zero-order chi connectivity index (χ0) is 30.0. The molecular formula is C28H48F10S. The molecule has 0 saturated carbocycles. The van der Waals surface area contributed by atoms with E-state index in [9.17, 15) is 43.9 Å².